The quantitative estimate of drug-likeness (QED) is 0.410. The van der Waals surface area contributed by atoms with Gasteiger partial charge in [-0.2, -0.15) is 0 Å². The van der Waals surface area contributed by atoms with Gasteiger partial charge in [-0.3, -0.25) is 19.3 Å². The van der Waals surface area contributed by atoms with Crippen molar-refractivity contribution in [2.45, 2.75) is 45.7 Å². The third-order valence-corrected chi connectivity index (χ3v) is 7.76. The summed E-state index contributed by atoms with van der Waals surface area (Å²) in [6.07, 6.45) is 7.65. The van der Waals surface area contributed by atoms with Crippen molar-refractivity contribution in [1.29, 1.82) is 0 Å². The minimum absolute atomic E-state index is 0.0919. The second-order valence-electron chi connectivity index (χ2n) is 9.18. The number of fused-ring (bicyclic) bond motifs is 1. The number of halogens is 1. The van der Waals surface area contributed by atoms with Crippen LogP contribution in [0.3, 0.4) is 0 Å². The molecule has 186 valence electrons. The number of benzene rings is 2. The summed E-state index contributed by atoms with van der Waals surface area (Å²) in [5.41, 5.74) is 3.16. The van der Waals surface area contributed by atoms with E-state index in [9.17, 15) is 18.8 Å². The Morgan fingerprint density at radius 2 is 1.78 bits per heavy atom. The topological polar surface area (TPSA) is 62.6 Å². The first-order valence-electron chi connectivity index (χ1n) is 12.3. The van der Waals surface area contributed by atoms with Crippen LogP contribution in [0.25, 0.3) is 17.0 Å². The zero-order valence-corrected chi connectivity index (χ0v) is 21.0. The molecule has 2 aliphatic heterocycles. The summed E-state index contributed by atoms with van der Waals surface area (Å²) in [5, 5.41) is 0.509. The summed E-state index contributed by atoms with van der Waals surface area (Å²) in [5.74, 6) is -0.798. The van der Waals surface area contributed by atoms with E-state index in [0.29, 0.717) is 10.5 Å². The molecule has 0 N–H and O–H groups in total. The molecule has 2 aliphatic rings. The van der Waals surface area contributed by atoms with Crippen molar-refractivity contribution < 1.29 is 18.8 Å². The predicted molar refractivity (Wildman–Crippen MR) is 140 cm³/mol. The number of aryl methyl sites for hydroxylation is 1. The lowest BCUT2D eigenvalue weighted by Crippen LogP contribution is -2.37. The second kappa shape index (κ2) is 10.3. The average Bonchev–Trinajstić information content (AvgIpc) is 3.37. The molecule has 3 amide bonds. The number of para-hydroxylation sites is 1. The first-order chi connectivity index (χ1) is 17.5. The van der Waals surface area contributed by atoms with Gasteiger partial charge in [0, 0.05) is 35.8 Å². The monoisotopic (exact) mass is 505 g/mol. The average molecular weight is 506 g/mol. The normalized spacial score (nSPS) is 17.6. The molecule has 0 unspecified atom stereocenters. The smallest absolute Gasteiger partial charge is 0.293 e. The number of piperidine rings is 1. The van der Waals surface area contributed by atoms with Gasteiger partial charge in [0.25, 0.3) is 11.1 Å². The first kappa shape index (κ1) is 24.3. The maximum Gasteiger partial charge on any atom is 0.293 e. The van der Waals surface area contributed by atoms with Crippen molar-refractivity contribution >= 4 is 45.8 Å². The van der Waals surface area contributed by atoms with Crippen LogP contribution in [0.2, 0.25) is 0 Å². The second-order valence-corrected chi connectivity index (χ2v) is 10.2. The van der Waals surface area contributed by atoms with Crippen LogP contribution >= 0.6 is 11.8 Å². The lowest BCUT2D eigenvalue weighted by Gasteiger charge is -2.27. The molecule has 3 heterocycles. The van der Waals surface area contributed by atoms with Crippen molar-refractivity contribution in [2.75, 3.05) is 13.1 Å². The Morgan fingerprint density at radius 1 is 1.03 bits per heavy atom. The van der Waals surface area contributed by atoms with Gasteiger partial charge in [-0.25, -0.2) is 4.39 Å². The number of nitrogens with zero attached hydrogens (tertiary/aromatic N) is 3. The molecule has 5 rings (SSSR count). The van der Waals surface area contributed by atoms with Crippen LogP contribution in [0.4, 0.5) is 9.18 Å². The van der Waals surface area contributed by atoms with Crippen LogP contribution in [0.1, 0.15) is 42.9 Å². The predicted octanol–water partition coefficient (Wildman–Crippen LogP) is 5.59. The van der Waals surface area contributed by atoms with E-state index in [1.54, 1.807) is 24.3 Å². The summed E-state index contributed by atoms with van der Waals surface area (Å²) in [7, 11) is 0. The molecule has 2 fully saturated rings. The van der Waals surface area contributed by atoms with Gasteiger partial charge in [0.05, 0.1) is 17.0 Å². The zero-order valence-electron chi connectivity index (χ0n) is 20.2. The minimum Gasteiger partial charge on any atom is -0.341 e. The first-order valence-corrected chi connectivity index (χ1v) is 13.1. The fourth-order valence-corrected chi connectivity index (χ4v) is 5.78. The highest BCUT2D eigenvalue weighted by Gasteiger charge is 2.35. The van der Waals surface area contributed by atoms with Crippen LogP contribution in [-0.4, -0.2) is 44.5 Å². The summed E-state index contributed by atoms with van der Waals surface area (Å²) in [6.45, 7) is 3.78. The highest BCUT2D eigenvalue weighted by molar-refractivity contribution is 8.18. The van der Waals surface area contributed by atoms with Gasteiger partial charge in [-0.05, 0) is 55.2 Å². The molecular formula is C28H28FN3O3S. The molecule has 0 bridgehead atoms. The Kier molecular flexibility index (Phi) is 6.96. The summed E-state index contributed by atoms with van der Waals surface area (Å²) >= 11 is 0.858. The minimum atomic E-state index is -0.450. The third kappa shape index (κ3) is 4.69. The Hall–Kier alpha value is -3.39. The fourth-order valence-electron chi connectivity index (χ4n) is 4.95. The molecule has 36 heavy (non-hydrogen) atoms. The number of carbonyl (C=O) groups excluding carboxylic acids is 3. The third-order valence-electron chi connectivity index (χ3n) is 6.85. The molecule has 0 saturated carbocycles. The van der Waals surface area contributed by atoms with E-state index >= 15 is 0 Å². The van der Waals surface area contributed by atoms with Crippen LogP contribution in [0, 0.1) is 5.82 Å². The number of rotatable bonds is 6. The molecule has 3 aromatic rings. The van der Waals surface area contributed by atoms with Crippen molar-refractivity contribution in [3.63, 3.8) is 0 Å². The Morgan fingerprint density at radius 3 is 2.53 bits per heavy atom. The van der Waals surface area contributed by atoms with E-state index in [4.69, 9.17) is 0 Å². The molecule has 6 nitrogen and oxygen atoms in total. The van der Waals surface area contributed by atoms with E-state index < -0.39 is 17.0 Å². The van der Waals surface area contributed by atoms with E-state index in [1.807, 2.05) is 27.8 Å². The lowest BCUT2D eigenvalue weighted by molar-refractivity contribution is -0.132. The van der Waals surface area contributed by atoms with Gasteiger partial charge in [0.1, 0.15) is 12.4 Å². The van der Waals surface area contributed by atoms with Crippen molar-refractivity contribution in [3.05, 3.63) is 76.1 Å². The van der Waals surface area contributed by atoms with Gasteiger partial charge < -0.3 is 9.47 Å². The van der Waals surface area contributed by atoms with Gasteiger partial charge >= 0.3 is 0 Å². The SMILES string of the molecule is CCc1cccc2c(/C=C3\SC(=O)N(Cc4ccccc4F)C3=O)cn(CC(=O)N3CCCCC3)c12. The number of hydrogen-bond donors (Lipinski definition) is 0. The largest absolute Gasteiger partial charge is 0.341 e. The van der Waals surface area contributed by atoms with Crippen molar-refractivity contribution in [1.82, 2.24) is 14.4 Å². The number of amides is 3. The van der Waals surface area contributed by atoms with Crippen molar-refractivity contribution in [2.24, 2.45) is 0 Å². The lowest BCUT2D eigenvalue weighted by atomic mass is 10.1. The molecule has 1 aromatic heterocycles. The summed E-state index contributed by atoms with van der Waals surface area (Å²) in [4.78, 5) is 42.1. The van der Waals surface area contributed by atoms with Crippen LogP contribution in [0.15, 0.2) is 53.6 Å². The summed E-state index contributed by atoms with van der Waals surface area (Å²) < 4.78 is 16.1. The Labute approximate surface area is 213 Å². The fraction of sp³-hybridized carbons (Fsp3) is 0.321. The Bertz CT molecular complexity index is 1370. The molecule has 0 atom stereocenters. The highest BCUT2D eigenvalue weighted by Crippen LogP contribution is 2.36. The van der Waals surface area contributed by atoms with Crippen LogP contribution in [-0.2, 0) is 29.1 Å². The van der Waals surface area contributed by atoms with Crippen LogP contribution in [0.5, 0.6) is 0 Å². The maximum absolute atomic E-state index is 14.1. The number of likely N-dealkylation sites (tertiary alicyclic amines) is 1. The number of carbonyl (C=O) groups is 3. The molecule has 2 saturated heterocycles. The van der Waals surface area contributed by atoms with Gasteiger partial charge in [-0.15, -0.1) is 0 Å². The van der Waals surface area contributed by atoms with Gasteiger partial charge in [0.15, 0.2) is 0 Å². The highest BCUT2D eigenvalue weighted by atomic mass is 32.2. The van der Waals surface area contributed by atoms with E-state index in [1.165, 1.54) is 6.07 Å². The molecule has 0 spiro atoms. The molecule has 2 aromatic carbocycles. The van der Waals surface area contributed by atoms with Gasteiger partial charge in [0.2, 0.25) is 5.91 Å². The van der Waals surface area contributed by atoms with Gasteiger partial charge in [-0.1, -0.05) is 43.3 Å². The van der Waals surface area contributed by atoms with E-state index in [0.717, 1.165) is 77.5 Å². The van der Waals surface area contributed by atoms with Crippen molar-refractivity contribution in [3.8, 4) is 0 Å². The number of thioether (sulfide) groups is 1. The number of imide groups is 1. The molecule has 0 radical (unpaired) electrons. The van der Waals surface area contributed by atoms with Crippen LogP contribution < -0.4 is 0 Å². The summed E-state index contributed by atoms with van der Waals surface area (Å²) in [6, 6.07) is 12.1. The van der Waals surface area contributed by atoms with E-state index in [2.05, 4.69) is 13.0 Å². The Balaban J connectivity index is 1.47. The molecular weight excluding hydrogens is 477 g/mol. The molecule has 0 aliphatic carbocycles. The zero-order chi connectivity index (χ0) is 25.2. The maximum atomic E-state index is 14.1. The number of aromatic nitrogens is 1. The van der Waals surface area contributed by atoms with E-state index in [-0.39, 0.29) is 19.0 Å². The molecule has 8 heteroatoms. The number of hydrogen-bond acceptors (Lipinski definition) is 4. The standard InChI is InChI=1S/C28H28FN3O3S/c1-2-19-10-8-11-22-21(16-31(26(19)22)18-25(33)30-13-6-3-7-14-30)15-24-27(34)32(28(35)36-24)17-20-9-4-5-12-23(20)29/h4-5,8-12,15-16H,2-3,6-7,13-14,17-18H2,1H3/b24-15-.